The lowest BCUT2D eigenvalue weighted by Crippen LogP contribution is -2.26. The van der Waals surface area contributed by atoms with Crippen molar-refractivity contribution in [3.05, 3.63) is 46.7 Å². The summed E-state index contributed by atoms with van der Waals surface area (Å²) in [5, 5.41) is 4.19. The van der Waals surface area contributed by atoms with E-state index in [9.17, 15) is 4.79 Å². The minimum absolute atomic E-state index is 0.00799. The molecule has 1 aromatic heterocycles. The van der Waals surface area contributed by atoms with Gasteiger partial charge in [0, 0.05) is 5.92 Å². The second-order valence-corrected chi connectivity index (χ2v) is 7.14. The van der Waals surface area contributed by atoms with Gasteiger partial charge < -0.3 is 10.5 Å². The van der Waals surface area contributed by atoms with Crippen LogP contribution >= 0.6 is 11.3 Å². The molecule has 0 spiro atoms. The van der Waals surface area contributed by atoms with Crippen LogP contribution in [0.5, 0.6) is 0 Å². The third kappa shape index (κ3) is 4.68. The molecule has 118 valence electrons. The second kappa shape index (κ2) is 7.07. The maximum absolute atomic E-state index is 12.0. The summed E-state index contributed by atoms with van der Waals surface area (Å²) in [6.45, 7) is 6.05. The number of benzene rings is 1. The molecule has 1 heterocycles. The van der Waals surface area contributed by atoms with Crippen LogP contribution in [0.3, 0.4) is 0 Å². The molecule has 1 unspecified atom stereocenters. The molecule has 0 saturated heterocycles. The molecule has 0 amide bonds. The van der Waals surface area contributed by atoms with Gasteiger partial charge in [0.1, 0.15) is 5.60 Å². The highest BCUT2D eigenvalue weighted by molar-refractivity contribution is 7.08. The standard InChI is InChI=1S/C18H23NO2S/c1-18(2,3)21-17(20)10-16(11-19)14-6-4-13(5-7-14)15-8-9-22-12-15/h4-9,12,16H,10-11,19H2,1-3H3. The highest BCUT2D eigenvalue weighted by Gasteiger charge is 2.20. The van der Waals surface area contributed by atoms with Gasteiger partial charge in [-0.3, -0.25) is 4.79 Å². The molecular weight excluding hydrogens is 294 g/mol. The first-order chi connectivity index (χ1) is 10.4. The predicted octanol–water partition coefficient (Wildman–Crippen LogP) is 4.19. The monoisotopic (exact) mass is 317 g/mol. The number of hydrogen-bond donors (Lipinski definition) is 1. The van der Waals surface area contributed by atoms with E-state index in [1.54, 1.807) is 11.3 Å². The maximum Gasteiger partial charge on any atom is 0.306 e. The molecule has 0 fully saturated rings. The lowest BCUT2D eigenvalue weighted by atomic mass is 9.94. The van der Waals surface area contributed by atoms with Gasteiger partial charge in [0.2, 0.25) is 0 Å². The van der Waals surface area contributed by atoms with Crippen molar-refractivity contribution in [1.29, 1.82) is 0 Å². The Morgan fingerprint density at radius 1 is 1.18 bits per heavy atom. The summed E-state index contributed by atoms with van der Waals surface area (Å²) in [6.07, 6.45) is 0.311. The van der Waals surface area contributed by atoms with Crippen molar-refractivity contribution in [2.45, 2.75) is 38.7 Å². The summed E-state index contributed by atoms with van der Waals surface area (Å²) in [6, 6.07) is 10.4. The molecule has 3 nitrogen and oxygen atoms in total. The maximum atomic E-state index is 12.0. The zero-order valence-corrected chi connectivity index (χ0v) is 14.2. The zero-order chi connectivity index (χ0) is 16.2. The van der Waals surface area contributed by atoms with Gasteiger partial charge in [-0.25, -0.2) is 0 Å². The summed E-state index contributed by atoms with van der Waals surface area (Å²) < 4.78 is 5.38. The number of nitrogens with two attached hydrogens (primary N) is 1. The molecule has 0 aliphatic heterocycles. The van der Waals surface area contributed by atoms with Crippen LogP contribution in [0.4, 0.5) is 0 Å². The Morgan fingerprint density at radius 2 is 1.86 bits per heavy atom. The van der Waals surface area contributed by atoms with Gasteiger partial charge in [-0.05, 0) is 60.8 Å². The SMILES string of the molecule is CC(C)(C)OC(=O)CC(CN)c1ccc(-c2ccsc2)cc1. The largest absolute Gasteiger partial charge is 0.460 e. The highest BCUT2D eigenvalue weighted by Crippen LogP contribution is 2.26. The molecular formula is C18H23NO2S. The van der Waals surface area contributed by atoms with Crippen molar-refractivity contribution in [1.82, 2.24) is 0 Å². The molecule has 0 aliphatic carbocycles. The smallest absolute Gasteiger partial charge is 0.306 e. The van der Waals surface area contributed by atoms with Gasteiger partial charge in [-0.2, -0.15) is 11.3 Å². The minimum atomic E-state index is -0.459. The highest BCUT2D eigenvalue weighted by atomic mass is 32.1. The Morgan fingerprint density at radius 3 is 2.36 bits per heavy atom. The lowest BCUT2D eigenvalue weighted by Gasteiger charge is -2.22. The quantitative estimate of drug-likeness (QED) is 0.841. The lowest BCUT2D eigenvalue weighted by molar-refractivity contribution is -0.155. The molecule has 0 bridgehead atoms. The molecule has 0 aliphatic rings. The van der Waals surface area contributed by atoms with E-state index in [1.165, 1.54) is 11.1 Å². The molecule has 2 rings (SSSR count). The Kier molecular flexibility index (Phi) is 5.37. The topological polar surface area (TPSA) is 52.3 Å². The van der Waals surface area contributed by atoms with Crippen LogP contribution < -0.4 is 5.73 Å². The van der Waals surface area contributed by atoms with E-state index >= 15 is 0 Å². The average Bonchev–Trinajstić information content (AvgIpc) is 2.97. The number of carbonyl (C=O) groups excluding carboxylic acids is 1. The van der Waals surface area contributed by atoms with Crippen LogP contribution in [0.25, 0.3) is 11.1 Å². The van der Waals surface area contributed by atoms with E-state index < -0.39 is 5.60 Å². The van der Waals surface area contributed by atoms with Gasteiger partial charge in [-0.1, -0.05) is 24.3 Å². The minimum Gasteiger partial charge on any atom is -0.460 e. The van der Waals surface area contributed by atoms with Crippen molar-refractivity contribution in [3.63, 3.8) is 0 Å². The van der Waals surface area contributed by atoms with Crippen LogP contribution in [-0.4, -0.2) is 18.1 Å². The summed E-state index contributed by atoms with van der Waals surface area (Å²) in [7, 11) is 0. The summed E-state index contributed by atoms with van der Waals surface area (Å²) >= 11 is 1.68. The van der Waals surface area contributed by atoms with Crippen molar-refractivity contribution in [3.8, 4) is 11.1 Å². The van der Waals surface area contributed by atoms with Gasteiger partial charge >= 0.3 is 5.97 Å². The van der Waals surface area contributed by atoms with Crippen LogP contribution in [-0.2, 0) is 9.53 Å². The van der Waals surface area contributed by atoms with Crippen molar-refractivity contribution >= 4 is 17.3 Å². The summed E-state index contributed by atoms with van der Waals surface area (Å²) in [4.78, 5) is 12.0. The molecule has 4 heteroatoms. The van der Waals surface area contributed by atoms with E-state index in [0.29, 0.717) is 13.0 Å². The number of rotatable bonds is 5. The Bertz CT molecular complexity index is 597. The summed E-state index contributed by atoms with van der Waals surface area (Å²) in [5.74, 6) is -0.212. The second-order valence-electron chi connectivity index (χ2n) is 6.36. The van der Waals surface area contributed by atoms with E-state index in [2.05, 4.69) is 41.1 Å². The fourth-order valence-electron chi connectivity index (χ4n) is 2.30. The molecule has 2 N–H and O–H groups in total. The number of carbonyl (C=O) groups is 1. The summed E-state index contributed by atoms with van der Waals surface area (Å²) in [5.41, 5.74) is 8.85. The average molecular weight is 317 g/mol. The number of ether oxygens (including phenoxy) is 1. The number of esters is 1. The Balaban J connectivity index is 2.06. The van der Waals surface area contributed by atoms with Crippen LogP contribution in [0.15, 0.2) is 41.1 Å². The fourth-order valence-corrected chi connectivity index (χ4v) is 2.96. The fraction of sp³-hybridized carbons (Fsp3) is 0.389. The first kappa shape index (κ1) is 16.7. The van der Waals surface area contributed by atoms with Crippen molar-refractivity contribution < 1.29 is 9.53 Å². The third-order valence-electron chi connectivity index (χ3n) is 3.35. The number of thiophene rings is 1. The first-order valence-corrected chi connectivity index (χ1v) is 8.38. The first-order valence-electron chi connectivity index (χ1n) is 7.43. The predicted molar refractivity (Wildman–Crippen MR) is 92.0 cm³/mol. The van der Waals surface area contributed by atoms with Gasteiger partial charge in [0.15, 0.2) is 0 Å². The van der Waals surface area contributed by atoms with Gasteiger partial charge in [0.05, 0.1) is 6.42 Å². The Labute approximate surface area is 136 Å². The van der Waals surface area contributed by atoms with Crippen molar-refractivity contribution in [2.75, 3.05) is 6.54 Å². The number of hydrogen-bond acceptors (Lipinski definition) is 4. The molecule has 1 aromatic carbocycles. The van der Waals surface area contributed by atoms with E-state index in [1.807, 2.05) is 20.8 Å². The normalized spacial score (nSPS) is 12.9. The molecule has 22 heavy (non-hydrogen) atoms. The van der Waals surface area contributed by atoms with Gasteiger partial charge in [0.25, 0.3) is 0 Å². The van der Waals surface area contributed by atoms with E-state index in [-0.39, 0.29) is 11.9 Å². The van der Waals surface area contributed by atoms with E-state index in [4.69, 9.17) is 10.5 Å². The molecule has 0 saturated carbocycles. The van der Waals surface area contributed by atoms with Crippen LogP contribution in [0.1, 0.15) is 38.7 Å². The third-order valence-corrected chi connectivity index (χ3v) is 4.04. The van der Waals surface area contributed by atoms with Crippen LogP contribution in [0.2, 0.25) is 0 Å². The zero-order valence-electron chi connectivity index (χ0n) is 13.3. The van der Waals surface area contributed by atoms with Gasteiger partial charge in [-0.15, -0.1) is 0 Å². The van der Waals surface area contributed by atoms with Crippen molar-refractivity contribution in [2.24, 2.45) is 5.73 Å². The van der Waals surface area contributed by atoms with E-state index in [0.717, 1.165) is 5.56 Å². The Hall–Kier alpha value is -1.65. The molecule has 0 radical (unpaired) electrons. The van der Waals surface area contributed by atoms with Crippen LogP contribution in [0, 0.1) is 0 Å². The molecule has 1 atom stereocenters. The molecule has 2 aromatic rings.